The van der Waals surface area contributed by atoms with E-state index in [1.807, 2.05) is 32.0 Å². The smallest absolute Gasteiger partial charge is 0.258 e. The van der Waals surface area contributed by atoms with E-state index in [4.69, 9.17) is 16.1 Å². The third-order valence-electron chi connectivity index (χ3n) is 2.22. The normalized spacial score (nSPS) is 12.8. The molecule has 84 valence electrons. The Morgan fingerprint density at radius 3 is 2.75 bits per heavy atom. The first-order valence-corrected chi connectivity index (χ1v) is 6.05. The summed E-state index contributed by atoms with van der Waals surface area (Å²) in [6, 6.07) is 5.88. The predicted octanol–water partition coefficient (Wildman–Crippen LogP) is 4.11. The van der Waals surface area contributed by atoms with Crippen LogP contribution in [0.5, 0.6) is 0 Å². The van der Waals surface area contributed by atoms with Crippen molar-refractivity contribution in [3.05, 3.63) is 34.1 Å². The molecule has 1 unspecified atom stereocenters. The molecule has 0 aliphatic carbocycles. The van der Waals surface area contributed by atoms with Crippen LogP contribution in [0.15, 0.2) is 27.2 Å². The summed E-state index contributed by atoms with van der Waals surface area (Å²) in [5, 5.41) is 3.58. The minimum atomic E-state index is -0.242. The van der Waals surface area contributed by atoms with Crippen LogP contribution in [-0.2, 0) is 0 Å². The molecule has 0 aliphatic rings. The highest BCUT2D eigenvalue weighted by atomic mass is 79.9. The molecule has 0 saturated carbocycles. The lowest BCUT2D eigenvalue weighted by Crippen LogP contribution is -1.87. The van der Waals surface area contributed by atoms with Gasteiger partial charge in [0, 0.05) is 10.0 Å². The van der Waals surface area contributed by atoms with Crippen molar-refractivity contribution >= 4 is 27.5 Å². The van der Waals surface area contributed by atoms with Crippen LogP contribution in [0.25, 0.3) is 11.5 Å². The number of hydrogen-bond acceptors (Lipinski definition) is 3. The minimum absolute atomic E-state index is 0.242. The predicted molar refractivity (Wildman–Crippen MR) is 66.4 cm³/mol. The van der Waals surface area contributed by atoms with Crippen LogP contribution in [0.1, 0.15) is 23.7 Å². The van der Waals surface area contributed by atoms with E-state index in [2.05, 4.69) is 26.1 Å². The van der Waals surface area contributed by atoms with Crippen LogP contribution in [0, 0.1) is 6.92 Å². The highest BCUT2D eigenvalue weighted by Crippen LogP contribution is 2.26. The summed E-state index contributed by atoms with van der Waals surface area (Å²) in [7, 11) is 0. The molecule has 0 N–H and O–H groups in total. The van der Waals surface area contributed by atoms with Gasteiger partial charge in [-0.2, -0.15) is 4.98 Å². The number of rotatable bonds is 2. The fraction of sp³-hybridized carbons (Fsp3) is 0.273. The second-order valence-corrected chi connectivity index (χ2v) is 5.10. The number of nitrogens with zero attached hydrogens (tertiary/aromatic N) is 2. The summed E-state index contributed by atoms with van der Waals surface area (Å²) in [6.45, 7) is 3.80. The molecule has 2 aromatic rings. The zero-order valence-electron chi connectivity index (χ0n) is 8.87. The molecule has 0 saturated heterocycles. The van der Waals surface area contributed by atoms with Crippen molar-refractivity contribution in [1.82, 2.24) is 10.1 Å². The zero-order valence-corrected chi connectivity index (χ0v) is 11.2. The largest absolute Gasteiger partial charge is 0.334 e. The van der Waals surface area contributed by atoms with Crippen molar-refractivity contribution < 1.29 is 4.52 Å². The Bertz CT molecular complexity index is 510. The Kier molecular flexibility index (Phi) is 3.30. The van der Waals surface area contributed by atoms with E-state index in [9.17, 15) is 0 Å². The van der Waals surface area contributed by atoms with Crippen molar-refractivity contribution in [1.29, 1.82) is 0 Å². The highest BCUT2D eigenvalue weighted by molar-refractivity contribution is 9.10. The topological polar surface area (TPSA) is 38.9 Å². The Hall–Kier alpha value is -0.870. The van der Waals surface area contributed by atoms with Crippen LogP contribution in [0.2, 0.25) is 0 Å². The number of halogens is 2. The van der Waals surface area contributed by atoms with Gasteiger partial charge >= 0.3 is 0 Å². The molecule has 0 radical (unpaired) electrons. The molecule has 0 aliphatic heterocycles. The maximum absolute atomic E-state index is 5.88. The summed E-state index contributed by atoms with van der Waals surface area (Å²) in [4.78, 5) is 4.25. The summed E-state index contributed by atoms with van der Waals surface area (Å²) in [5.41, 5.74) is 2.01. The molecule has 16 heavy (non-hydrogen) atoms. The van der Waals surface area contributed by atoms with E-state index in [0.717, 1.165) is 15.6 Å². The standard InChI is InChI=1S/C11H10BrClN2O/c1-6-5-8(12)3-4-9(6)11-14-10(7(2)13)15-16-11/h3-5,7H,1-2H3. The fourth-order valence-electron chi connectivity index (χ4n) is 1.37. The summed E-state index contributed by atoms with van der Waals surface area (Å²) in [6.07, 6.45) is 0. The summed E-state index contributed by atoms with van der Waals surface area (Å²) >= 11 is 9.29. The van der Waals surface area contributed by atoms with Gasteiger partial charge in [-0.25, -0.2) is 0 Å². The van der Waals surface area contributed by atoms with Crippen LogP contribution < -0.4 is 0 Å². The Morgan fingerprint density at radius 1 is 1.44 bits per heavy atom. The van der Waals surface area contributed by atoms with E-state index in [1.54, 1.807) is 0 Å². The third kappa shape index (κ3) is 2.28. The van der Waals surface area contributed by atoms with Crippen molar-refractivity contribution in [2.24, 2.45) is 0 Å². The molecule has 1 atom stereocenters. The number of aryl methyl sites for hydroxylation is 1. The maximum Gasteiger partial charge on any atom is 0.258 e. The highest BCUT2D eigenvalue weighted by Gasteiger charge is 2.14. The quantitative estimate of drug-likeness (QED) is 0.784. The number of alkyl halides is 1. The molecule has 1 heterocycles. The molecule has 5 heteroatoms. The van der Waals surface area contributed by atoms with Crippen LogP contribution >= 0.6 is 27.5 Å². The Morgan fingerprint density at radius 2 is 2.19 bits per heavy atom. The van der Waals surface area contributed by atoms with E-state index in [0.29, 0.717) is 11.7 Å². The molecule has 1 aromatic carbocycles. The molecular weight excluding hydrogens is 291 g/mol. The Labute approximate surface area is 107 Å². The molecule has 3 nitrogen and oxygen atoms in total. The molecule has 1 aromatic heterocycles. The summed E-state index contributed by atoms with van der Waals surface area (Å²) in [5.74, 6) is 1.02. The molecule has 0 bridgehead atoms. The SMILES string of the molecule is Cc1cc(Br)ccc1-c1nc(C(C)Cl)no1. The fourth-order valence-corrected chi connectivity index (χ4v) is 1.94. The summed E-state index contributed by atoms with van der Waals surface area (Å²) < 4.78 is 6.20. The van der Waals surface area contributed by atoms with Gasteiger partial charge in [-0.15, -0.1) is 11.6 Å². The first kappa shape index (κ1) is 11.6. The van der Waals surface area contributed by atoms with Crippen molar-refractivity contribution in [3.63, 3.8) is 0 Å². The van der Waals surface area contributed by atoms with E-state index in [1.165, 1.54) is 0 Å². The molecule has 2 rings (SSSR count). The average molecular weight is 302 g/mol. The monoisotopic (exact) mass is 300 g/mol. The van der Waals surface area contributed by atoms with E-state index >= 15 is 0 Å². The van der Waals surface area contributed by atoms with Gasteiger partial charge in [0.1, 0.15) is 0 Å². The number of hydrogen-bond donors (Lipinski definition) is 0. The van der Waals surface area contributed by atoms with Gasteiger partial charge in [0.05, 0.1) is 5.38 Å². The first-order chi connectivity index (χ1) is 7.58. The number of benzene rings is 1. The maximum atomic E-state index is 5.88. The average Bonchev–Trinajstić information content (AvgIpc) is 2.66. The molecule has 0 fully saturated rings. The third-order valence-corrected chi connectivity index (χ3v) is 2.90. The molecule has 0 spiro atoms. The molecular formula is C11H10BrClN2O. The zero-order chi connectivity index (χ0) is 11.7. The second-order valence-electron chi connectivity index (χ2n) is 3.53. The number of aromatic nitrogens is 2. The van der Waals surface area contributed by atoms with Gasteiger partial charge in [0.2, 0.25) is 0 Å². The van der Waals surface area contributed by atoms with Gasteiger partial charge < -0.3 is 4.52 Å². The van der Waals surface area contributed by atoms with Crippen molar-refractivity contribution in [3.8, 4) is 11.5 Å². The lowest BCUT2D eigenvalue weighted by molar-refractivity contribution is 0.422. The van der Waals surface area contributed by atoms with Gasteiger partial charge in [0.15, 0.2) is 5.82 Å². The lowest BCUT2D eigenvalue weighted by atomic mass is 10.1. The van der Waals surface area contributed by atoms with Gasteiger partial charge in [-0.3, -0.25) is 0 Å². The van der Waals surface area contributed by atoms with Crippen LogP contribution in [-0.4, -0.2) is 10.1 Å². The minimum Gasteiger partial charge on any atom is -0.334 e. The molecule has 0 amide bonds. The van der Waals surface area contributed by atoms with Gasteiger partial charge in [-0.05, 0) is 37.6 Å². The van der Waals surface area contributed by atoms with E-state index in [-0.39, 0.29) is 5.38 Å². The second kappa shape index (κ2) is 4.55. The van der Waals surface area contributed by atoms with Crippen LogP contribution in [0.4, 0.5) is 0 Å². The van der Waals surface area contributed by atoms with E-state index < -0.39 is 0 Å². The lowest BCUT2D eigenvalue weighted by Gasteiger charge is -2.00. The van der Waals surface area contributed by atoms with Gasteiger partial charge in [0.25, 0.3) is 5.89 Å². The van der Waals surface area contributed by atoms with Crippen molar-refractivity contribution in [2.75, 3.05) is 0 Å². The Balaban J connectivity index is 2.42. The first-order valence-electron chi connectivity index (χ1n) is 4.82. The van der Waals surface area contributed by atoms with Gasteiger partial charge in [-0.1, -0.05) is 21.1 Å². The van der Waals surface area contributed by atoms with Crippen molar-refractivity contribution in [2.45, 2.75) is 19.2 Å². The van der Waals surface area contributed by atoms with Crippen LogP contribution in [0.3, 0.4) is 0 Å².